The van der Waals surface area contributed by atoms with Gasteiger partial charge in [-0.2, -0.15) is 0 Å². The van der Waals surface area contributed by atoms with Crippen LogP contribution in [0.1, 0.15) is 44.7 Å². The number of carboxylic acids is 1. The number of hydrogen-bond donors (Lipinski definition) is 9. The largest absolute Gasteiger partial charge is 0.480 e. The summed E-state index contributed by atoms with van der Waals surface area (Å²) in [5.41, 5.74) is 22.6. The van der Waals surface area contributed by atoms with E-state index in [4.69, 9.17) is 28.0 Å². The fourth-order valence-corrected chi connectivity index (χ4v) is 3.16. The smallest absolute Gasteiger partial charge is 0.325 e. The Labute approximate surface area is 209 Å². The number of nitrogens with one attached hydrogen (secondary N) is 4. The fourth-order valence-electron chi connectivity index (χ4n) is 3.16. The molecule has 15 heteroatoms. The second kappa shape index (κ2) is 16.0. The lowest BCUT2D eigenvalue weighted by Gasteiger charge is -2.24. The van der Waals surface area contributed by atoms with Crippen LogP contribution in [0.25, 0.3) is 0 Å². The SMILES string of the molecule is CC(NC(=O)C(CCCN=C(N)N)NC(=O)C(Cc1cnc[nH]1)NC(=O)C(N)CCCCN)C(=O)O. The minimum atomic E-state index is -1.23. The van der Waals surface area contributed by atoms with Crippen LogP contribution in [0.3, 0.4) is 0 Å². The van der Waals surface area contributed by atoms with Crippen molar-refractivity contribution in [1.82, 2.24) is 25.9 Å². The van der Waals surface area contributed by atoms with Crippen LogP contribution < -0.4 is 38.9 Å². The summed E-state index contributed by atoms with van der Waals surface area (Å²) in [6, 6.07) is -4.21. The molecule has 0 aliphatic rings. The maximum atomic E-state index is 13.2. The molecule has 0 bridgehead atoms. The quantitative estimate of drug-likeness (QED) is 0.0582. The molecule has 1 aromatic heterocycles. The van der Waals surface area contributed by atoms with Gasteiger partial charge in [0.15, 0.2) is 5.96 Å². The van der Waals surface area contributed by atoms with Gasteiger partial charge in [-0.25, -0.2) is 4.98 Å². The Morgan fingerprint density at radius 2 is 1.69 bits per heavy atom. The van der Waals surface area contributed by atoms with Crippen LogP contribution >= 0.6 is 0 Å². The van der Waals surface area contributed by atoms with E-state index >= 15 is 0 Å². The van der Waals surface area contributed by atoms with Crippen LogP contribution in [-0.2, 0) is 25.6 Å². The average Bonchev–Trinajstić information content (AvgIpc) is 3.33. The molecule has 4 unspecified atom stereocenters. The highest BCUT2D eigenvalue weighted by atomic mass is 16.4. The summed E-state index contributed by atoms with van der Waals surface area (Å²) in [5, 5.41) is 16.7. The van der Waals surface area contributed by atoms with E-state index < -0.39 is 47.9 Å². The number of amides is 3. The number of H-pyrrole nitrogens is 1. The van der Waals surface area contributed by atoms with Crippen molar-refractivity contribution < 1.29 is 24.3 Å². The Morgan fingerprint density at radius 3 is 2.28 bits per heavy atom. The Bertz CT molecular complexity index is 872. The van der Waals surface area contributed by atoms with Gasteiger partial charge in [-0.05, 0) is 39.2 Å². The molecule has 0 aliphatic heterocycles. The van der Waals surface area contributed by atoms with Crippen molar-refractivity contribution in [3.8, 4) is 0 Å². The van der Waals surface area contributed by atoms with Crippen molar-refractivity contribution in [2.45, 2.75) is 69.6 Å². The molecule has 0 spiro atoms. The highest BCUT2D eigenvalue weighted by Gasteiger charge is 2.29. The van der Waals surface area contributed by atoms with Crippen molar-refractivity contribution in [3.63, 3.8) is 0 Å². The lowest BCUT2D eigenvalue weighted by atomic mass is 10.1. The molecule has 0 saturated carbocycles. The number of carbonyl (C=O) groups is 4. The lowest BCUT2D eigenvalue weighted by Crippen LogP contribution is -2.57. The van der Waals surface area contributed by atoms with Crippen molar-refractivity contribution in [1.29, 1.82) is 0 Å². The Hall–Kier alpha value is -3.72. The maximum absolute atomic E-state index is 13.2. The number of aromatic nitrogens is 2. The van der Waals surface area contributed by atoms with Crippen LogP contribution in [0, 0.1) is 0 Å². The zero-order chi connectivity index (χ0) is 27.1. The molecule has 3 amide bonds. The summed E-state index contributed by atoms with van der Waals surface area (Å²) in [7, 11) is 0. The molecule has 0 fully saturated rings. The molecule has 36 heavy (non-hydrogen) atoms. The molecule has 13 N–H and O–H groups in total. The molecular weight excluding hydrogens is 472 g/mol. The molecular formula is C21H38N10O5. The lowest BCUT2D eigenvalue weighted by molar-refractivity contribution is -0.141. The minimum Gasteiger partial charge on any atom is -0.480 e. The van der Waals surface area contributed by atoms with Crippen LogP contribution in [0.4, 0.5) is 0 Å². The third-order valence-corrected chi connectivity index (χ3v) is 5.23. The Balaban J connectivity index is 2.98. The minimum absolute atomic E-state index is 0.0565. The van der Waals surface area contributed by atoms with Crippen LogP contribution in [0.15, 0.2) is 17.5 Å². The number of carbonyl (C=O) groups excluding carboxylic acids is 3. The predicted molar refractivity (Wildman–Crippen MR) is 132 cm³/mol. The second-order valence-electron chi connectivity index (χ2n) is 8.31. The van der Waals surface area contributed by atoms with Gasteiger partial charge in [0.05, 0.1) is 12.4 Å². The van der Waals surface area contributed by atoms with Crippen molar-refractivity contribution in [3.05, 3.63) is 18.2 Å². The number of guanidine groups is 1. The van der Waals surface area contributed by atoms with Gasteiger partial charge in [-0.15, -0.1) is 0 Å². The first-order valence-electron chi connectivity index (χ1n) is 11.7. The molecule has 4 atom stereocenters. The number of aliphatic carboxylic acids is 1. The van der Waals surface area contributed by atoms with E-state index in [0.717, 1.165) is 0 Å². The van der Waals surface area contributed by atoms with Crippen LogP contribution in [0.5, 0.6) is 0 Å². The van der Waals surface area contributed by atoms with E-state index in [9.17, 15) is 19.2 Å². The molecule has 202 valence electrons. The summed E-state index contributed by atoms with van der Waals surface area (Å²) in [4.78, 5) is 60.3. The first kappa shape index (κ1) is 30.3. The molecule has 0 aromatic carbocycles. The normalized spacial score (nSPS) is 14.1. The van der Waals surface area contributed by atoms with Crippen LogP contribution in [-0.4, -0.2) is 82.0 Å². The van der Waals surface area contributed by atoms with Gasteiger partial charge in [-0.3, -0.25) is 24.2 Å². The van der Waals surface area contributed by atoms with Crippen molar-refractivity contribution in [2.24, 2.45) is 27.9 Å². The number of imidazole rings is 1. The van der Waals surface area contributed by atoms with Gasteiger partial charge >= 0.3 is 5.97 Å². The van der Waals surface area contributed by atoms with Gasteiger partial charge < -0.3 is 49.0 Å². The van der Waals surface area contributed by atoms with Gasteiger partial charge in [0.1, 0.15) is 18.1 Å². The maximum Gasteiger partial charge on any atom is 0.325 e. The summed E-state index contributed by atoms with van der Waals surface area (Å²) in [5.74, 6) is -3.24. The predicted octanol–water partition coefficient (Wildman–Crippen LogP) is -2.98. The highest BCUT2D eigenvalue weighted by Crippen LogP contribution is 2.05. The standard InChI is InChI=1S/C21H38N10O5/c1-12(20(35)36)29-18(33)15(6-4-8-27-21(24)25)30-19(34)16(9-13-10-26-11-28-13)31-17(32)14(23)5-2-3-7-22/h10-12,14-16H,2-9,22-23H2,1H3,(H,26,28)(H,29,33)(H,30,34)(H,31,32)(H,35,36)(H4,24,25,27). The van der Waals surface area contributed by atoms with Crippen molar-refractivity contribution in [2.75, 3.05) is 13.1 Å². The topological polar surface area (TPSA) is 270 Å². The van der Waals surface area contributed by atoms with Crippen LogP contribution in [0.2, 0.25) is 0 Å². The fraction of sp³-hybridized carbons (Fsp3) is 0.619. The third-order valence-electron chi connectivity index (χ3n) is 5.23. The molecule has 1 aromatic rings. The number of nitrogens with two attached hydrogens (primary N) is 4. The molecule has 0 radical (unpaired) electrons. The first-order chi connectivity index (χ1) is 17.0. The first-order valence-corrected chi connectivity index (χ1v) is 11.7. The number of aliphatic imine (C=N–C) groups is 1. The van der Waals surface area contributed by atoms with E-state index in [1.807, 2.05) is 0 Å². The van der Waals surface area contributed by atoms with E-state index in [0.29, 0.717) is 37.9 Å². The zero-order valence-corrected chi connectivity index (χ0v) is 20.4. The number of hydrogen-bond acceptors (Lipinski definition) is 8. The number of aromatic amines is 1. The van der Waals surface area contributed by atoms with E-state index in [1.54, 1.807) is 0 Å². The summed E-state index contributed by atoms with van der Waals surface area (Å²) in [6.45, 7) is 1.97. The van der Waals surface area contributed by atoms with Gasteiger partial charge in [-0.1, -0.05) is 6.42 Å². The van der Waals surface area contributed by atoms with E-state index in [1.165, 1.54) is 19.4 Å². The Morgan fingerprint density at radius 1 is 1.03 bits per heavy atom. The number of carboxylic acid groups (broad SMARTS) is 1. The third kappa shape index (κ3) is 11.6. The van der Waals surface area contributed by atoms with E-state index in [-0.39, 0.29) is 25.3 Å². The average molecular weight is 511 g/mol. The molecule has 0 saturated heterocycles. The monoisotopic (exact) mass is 510 g/mol. The Kier molecular flexibility index (Phi) is 13.5. The highest BCUT2D eigenvalue weighted by molar-refractivity contribution is 5.94. The van der Waals surface area contributed by atoms with Gasteiger partial charge in [0.2, 0.25) is 17.7 Å². The number of nitrogens with zero attached hydrogens (tertiary/aromatic N) is 2. The number of unbranched alkanes of at least 4 members (excludes halogenated alkanes) is 1. The summed E-state index contributed by atoms with van der Waals surface area (Å²) in [6.07, 6.45) is 5.18. The van der Waals surface area contributed by atoms with Gasteiger partial charge in [0.25, 0.3) is 0 Å². The summed E-state index contributed by atoms with van der Waals surface area (Å²) < 4.78 is 0. The second-order valence-corrected chi connectivity index (χ2v) is 8.31. The molecule has 1 heterocycles. The molecule has 15 nitrogen and oxygen atoms in total. The van der Waals surface area contributed by atoms with E-state index in [2.05, 4.69) is 30.9 Å². The van der Waals surface area contributed by atoms with Gasteiger partial charge in [0, 0.05) is 24.9 Å². The zero-order valence-electron chi connectivity index (χ0n) is 20.4. The molecule has 0 aliphatic carbocycles. The summed E-state index contributed by atoms with van der Waals surface area (Å²) >= 11 is 0. The van der Waals surface area contributed by atoms with Crippen molar-refractivity contribution >= 4 is 29.7 Å². The molecule has 1 rings (SSSR count). The number of rotatable bonds is 17.